The lowest BCUT2D eigenvalue weighted by atomic mass is 10.2. The molecule has 5 heterocycles. The monoisotopic (exact) mass is 594 g/mol. The summed E-state index contributed by atoms with van der Waals surface area (Å²) in [6.07, 6.45) is 3.33. The average molecular weight is 595 g/mol. The van der Waals surface area contributed by atoms with Crippen molar-refractivity contribution in [3.63, 3.8) is 0 Å². The quantitative estimate of drug-likeness (QED) is 0.194. The van der Waals surface area contributed by atoms with Crippen LogP contribution in [0.2, 0.25) is 0 Å². The van der Waals surface area contributed by atoms with E-state index in [0.717, 1.165) is 11.6 Å². The fourth-order valence-corrected chi connectivity index (χ4v) is 5.12. The van der Waals surface area contributed by atoms with Crippen LogP contribution in [0.1, 0.15) is 0 Å². The number of halogens is 2. The Morgan fingerprint density at radius 3 is 2.72 bits per heavy atom. The summed E-state index contributed by atoms with van der Waals surface area (Å²) in [5.41, 5.74) is 9.19. The van der Waals surface area contributed by atoms with Crippen molar-refractivity contribution in [3.05, 3.63) is 54.6 Å². The molecular formula is C28H32F2N10O3. The zero-order valence-electron chi connectivity index (χ0n) is 23.6. The van der Waals surface area contributed by atoms with Gasteiger partial charge in [0.15, 0.2) is 29.6 Å². The van der Waals surface area contributed by atoms with Gasteiger partial charge in [0.2, 0.25) is 5.95 Å². The van der Waals surface area contributed by atoms with E-state index in [1.165, 1.54) is 6.07 Å². The first-order valence-corrected chi connectivity index (χ1v) is 14.0. The van der Waals surface area contributed by atoms with Crippen LogP contribution >= 0.6 is 0 Å². The summed E-state index contributed by atoms with van der Waals surface area (Å²) in [7, 11) is 1.77. The second kappa shape index (κ2) is 12.2. The largest absolute Gasteiger partial charge is 0.481 e. The number of benzene rings is 1. The molecule has 1 aliphatic heterocycles. The topological polar surface area (TPSA) is 144 Å². The van der Waals surface area contributed by atoms with Gasteiger partial charge in [0.1, 0.15) is 22.5 Å². The molecule has 5 aromatic rings. The number of piperazine rings is 1. The minimum Gasteiger partial charge on any atom is -0.481 e. The van der Waals surface area contributed by atoms with Crippen molar-refractivity contribution in [1.29, 1.82) is 0 Å². The van der Waals surface area contributed by atoms with Crippen LogP contribution in [0.25, 0.3) is 28.1 Å². The normalized spacial score (nSPS) is 14.2. The molecule has 1 aromatic carbocycles. The summed E-state index contributed by atoms with van der Waals surface area (Å²) in [4.78, 5) is 25.2. The highest BCUT2D eigenvalue weighted by Gasteiger charge is 2.23. The molecule has 1 saturated heterocycles. The number of nitrogens with two attached hydrogens (primary N) is 1. The van der Waals surface area contributed by atoms with Gasteiger partial charge in [-0.05, 0) is 25.2 Å². The SMILES string of the molecule is CNCCNC(=O)COc1cc(N2CCN(CCn3cnc4c3nc(N)n3nc(-c5ccco5)cc43)CC2)c(F)cc1F. The van der Waals surface area contributed by atoms with Crippen LogP contribution in [-0.4, -0.2) is 94.4 Å². The lowest BCUT2D eigenvalue weighted by Crippen LogP contribution is -2.47. The number of fused-ring (bicyclic) bond motifs is 3. The van der Waals surface area contributed by atoms with Crippen molar-refractivity contribution in [2.24, 2.45) is 0 Å². The minimum absolute atomic E-state index is 0.162. The first-order valence-electron chi connectivity index (χ1n) is 14.0. The van der Waals surface area contributed by atoms with E-state index in [0.29, 0.717) is 75.0 Å². The summed E-state index contributed by atoms with van der Waals surface area (Å²) in [6, 6.07) is 7.62. The van der Waals surface area contributed by atoms with E-state index in [1.807, 2.05) is 21.6 Å². The third-order valence-corrected chi connectivity index (χ3v) is 7.40. The Labute approximate surface area is 245 Å². The number of amides is 1. The predicted molar refractivity (Wildman–Crippen MR) is 156 cm³/mol. The van der Waals surface area contributed by atoms with E-state index in [9.17, 15) is 13.6 Å². The first-order chi connectivity index (χ1) is 20.9. The number of nitrogen functional groups attached to an aromatic ring is 1. The van der Waals surface area contributed by atoms with Crippen LogP contribution in [0, 0.1) is 11.6 Å². The van der Waals surface area contributed by atoms with E-state index in [-0.39, 0.29) is 29.9 Å². The fourth-order valence-electron chi connectivity index (χ4n) is 5.12. The maximum atomic E-state index is 14.7. The maximum Gasteiger partial charge on any atom is 0.257 e. The van der Waals surface area contributed by atoms with Crippen LogP contribution < -0.4 is 26.0 Å². The lowest BCUT2D eigenvalue weighted by Gasteiger charge is -2.36. The molecule has 0 aliphatic carbocycles. The Morgan fingerprint density at radius 1 is 1.12 bits per heavy atom. The molecule has 6 rings (SSSR count). The molecule has 4 N–H and O–H groups in total. The Hall–Kier alpha value is -4.76. The number of ether oxygens (including phenoxy) is 1. The van der Waals surface area contributed by atoms with Crippen molar-refractivity contribution in [2.45, 2.75) is 6.54 Å². The van der Waals surface area contributed by atoms with Gasteiger partial charge in [-0.25, -0.2) is 13.8 Å². The Bertz CT molecular complexity index is 1730. The van der Waals surface area contributed by atoms with Crippen molar-refractivity contribution in [2.75, 3.05) is 70.1 Å². The van der Waals surface area contributed by atoms with E-state index in [2.05, 4.69) is 30.6 Å². The number of hydrogen-bond acceptors (Lipinski definition) is 10. The number of rotatable bonds is 11. The van der Waals surface area contributed by atoms with Crippen LogP contribution in [0.3, 0.4) is 0 Å². The first kappa shape index (κ1) is 28.4. The summed E-state index contributed by atoms with van der Waals surface area (Å²) >= 11 is 0. The predicted octanol–water partition coefficient (Wildman–Crippen LogP) is 1.74. The van der Waals surface area contributed by atoms with Crippen LogP contribution in [0.15, 0.2) is 47.3 Å². The maximum absolute atomic E-state index is 14.7. The van der Waals surface area contributed by atoms with E-state index < -0.39 is 11.6 Å². The lowest BCUT2D eigenvalue weighted by molar-refractivity contribution is -0.123. The third-order valence-electron chi connectivity index (χ3n) is 7.40. The molecule has 0 spiro atoms. The van der Waals surface area contributed by atoms with Crippen LogP contribution in [0.5, 0.6) is 5.75 Å². The van der Waals surface area contributed by atoms with E-state index in [1.54, 1.807) is 30.2 Å². The highest BCUT2D eigenvalue weighted by atomic mass is 19.1. The number of aromatic nitrogens is 5. The molecule has 0 atom stereocenters. The van der Waals surface area contributed by atoms with Gasteiger partial charge in [0, 0.05) is 64.5 Å². The average Bonchev–Trinajstić information content (AvgIpc) is 3.76. The summed E-state index contributed by atoms with van der Waals surface area (Å²) in [6.45, 7) is 4.40. The van der Waals surface area contributed by atoms with Crippen molar-refractivity contribution >= 4 is 34.2 Å². The van der Waals surface area contributed by atoms with Crippen LogP contribution in [-0.2, 0) is 11.3 Å². The Morgan fingerprint density at radius 2 is 1.95 bits per heavy atom. The summed E-state index contributed by atoms with van der Waals surface area (Å²) < 4.78 is 43.5. The molecule has 1 fully saturated rings. The van der Waals surface area contributed by atoms with E-state index >= 15 is 0 Å². The van der Waals surface area contributed by atoms with Gasteiger partial charge in [0.25, 0.3) is 5.91 Å². The van der Waals surface area contributed by atoms with Gasteiger partial charge in [-0.1, -0.05) is 0 Å². The molecule has 0 bridgehead atoms. The molecule has 0 radical (unpaired) electrons. The number of nitrogens with zero attached hydrogens (tertiary/aromatic N) is 7. The van der Waals surface area contributed by atoms with Crippen molar-refractivity contribution < 1.29 is 22.7 Å². The van der Waals surface area contributed by atoms with Gasteiger partial charge in [-0.3, -0.25) is 9.69 Å². The number of carbonyl (C=O) groups is 1. The Balaban J connectivity index is 1.07. The van der Waals surface area contributed by atoms with Gasteiger partial charge in [-0.15, -0.1) is 0 Å². The standard InChI is InChI=1S/C28H32F2N10O3/c1-32-4-5-33-25(41)16-43-24-15-21(18(29)13-19(24)30)38-9-6-37(7-10-38)8-11-39-17-34-26-22-14-20(23-3-2-12-42-23)36-40(22)28(31)35-27(26)39/h2-3,12-15,17,32H,4-11,16H2,1H3,(H2,31,35)(H,33,41). The highest BCUT2D eigenvalue weighted by molar-refractivity contribution is 5.90. The van der Waals surface area contributed by atoms with E-state index in [4.69, 9.17) is 14.9 Å². The van der Waals surface area contributed by atoms with Gasteiger partial charge in [0.05, 0.1) is 18.3 Å². The smallest absolute Gasteiger partial charge is 0.257 e. The summed E-state index contributed by atoms with van der Waals surface area (Å²) in [5, 5.41) is 10.1. The van der Waals surface area contributed by atoms with Crippen molar-refractivity contribution in [1.82, 2.24) is 39.7 Å². The minimum atomic E-state index is -0.852. The zero-order chi connectivity index (χ0) is 29.9. The van der Waals surface area contributed by atoms with Crippen LogP contribution in [0.4, 0.5) is 20.4 Å². The Kier molecular flexibility index (Phi) is 8.07. The number of imidazole rings is 1. The highest BCUT2D eigenvalue weighted by Crippen LogP contribution is 2.29. The number of likely N-dealkylation sites (N-methyl/N-ethyl adjacent to an activating group) is 1. The molecule has 15 heteroatoms. The molecule has 1 aliphatic rings. The number of anilines is 2. The molecule has 0 unspecified atom stereocenters. The molecule has 0 saturated carbocycles. The second-order valence-electron chi connectivity index (χ2n) is 10.2. The zero-order valence-corrected chi connectivity index (χ0v) is 23.6. The molecular weight excluding hydrogens is 562 g/mol. The third kappa shape index (κ3) is 5.94. The molecule has 4 aromatic heterocycles. The number of furan rings is 1. The molecule has 1 amide bonds. The van der Waals surface area contributed by atoms with Gasteiger partial charge < -0.3 is 35.0 Å². The van der Waals surface area contributed by atoms with Crippen molar-refractivity contribution in [3.8, 4) is 17.2 Å². The number of carbonyl (C=O) groups excluding carboxylic acids is 1. The molecule has 43 heavy (non-hydrogen) atoms. The molecule has 13 nitrogen and oxygen atoms in total. The summed E-state index contributed by atoms with van der Waals surface area (Å²) in [5.74, 6) is -1.20. The number of nitrogens with one attached hydrogen (secondary N) is 2. The number of hydrogen-bond donors (Lipinski definition) is 3. The fraction of sp³-hybridized carbons (Fsp3) is 0.357. The second-order valence-corrected chi connectivity index (χ2v) is 10.2. The van der Waals surface area contributed by atoms with Gasteiger partial charge in [-0.2, -0.15) is 14.6 Å². The van der Waals surface area contributed by atoms with Gasteiger partial charge >= 0.3 is 0 Å². The molecule has 226 valence electrons.